The van der Waals surface area contributed by atoms with Crippen LogP contribution < -0.4 is 0 Å². The number of unbranched alkanes of at least 4 members (excludes halogenated alkanes) is 30. The Balaban J connectivity index is 4.38. The van der Waals surface area contributed by atoms with Gasteiger partial charge in [-0.1, -0.05) is 223 Å². The third-order valence-electron chi connectivity index (χ3n) is 12.2. The van der Waals surface area contributed by atoms with E-state index in [-0.39, 0.29) is 31.1 Å². The van der Waals surface area contributed by atoms with Crippen LogP contribution in [-0.4, -0.2) is 37.2 Å². The predicted octanol–water partition coefficient (Wildman–Crippen LogP) is 18.8. The Morgan fingerprint density at radius 1 is 0.318 bits per heavy atom. The second-order valence-corrected chi connectivity index (χ2v) is 18.8. The van der Waals surface area contributed by atoms with Crippen molar-refractivity contribution in [3.63, 3.8) is 0 Å². The fraction of sp³-hybridized carbons (Fsp3) is 0.783. The molecule has 0 aliphatic carbocycles. The van der Waals surface area contributed by atoms with Crippen molar-refractivity contribution in [2.24, 2.45) is 0 Å². The second kappa shape index (κ2) is 54.7. The van der Waals surface area contributed by atoms with E-state index in [1.165, 1.54) is 148 Å². The number of ether oxygens (including phenoxy) is 3. The number of carbonyl (C=O) groups excluding carboxylic acids is 3. The van der Waals surface area contributed by atoms with Crippen LogP contribution in [-0.2, 0) is 28.6 Å². The summed E-state index contributed by atoms with van der Waals surface area (Å²) in [6, 6.07) is 0. The lowest BCUT2D eigenvalue weighted by molar-refractivity contribution is -0.167. The van der Waals surface area contributed by atoms with Gasteiger partial charge in [-0.05, 0) is 103 Å². The molecule has 0 saturated heterocycles. The molecule has 66 heavy (non-hydrogen) atoms. The highest BCUT2D eigenvalue weighted by molar-refractivity contribution is 5.71. The van der Waals surface area contributed by atoms with Crippen LogP contribution in [0.4, 0.5) is 0 Å². The summed E-state index contributed by atoms with van der Waals surface area (Å²) in [6.07, 6.45) is 67.8. The molecular formula is C60H106O6. The number of carbonyl (C=O) groups is 3. The van der Waals surface area contributed by atoms with Gasteiger partial charge >= 0.3 is 17.9 Å². The normalized spacial score (nSPS) is 12.5. The molecule has 0 aromatic rings. The zero-order chi connectivity index (χ0) is 47.9. The molecule has 6 nitrogen and oxygen atoms in total. The SMILES string of the molecule is CC/C=C\C/C=C\C/C=C\CCCCCC(=O)OCC(COC(=O)CCCCCCCCCCC/C=C\CCCCCCCC)OC(=O)CCCCCCC/C=C\CCCCCCCCC. The summed E-state index contributed by atoms with van der Waals surface area (Å²) in [5.41, 5.74) is 0. The molecule has 1 atom stereocenters. The van der Waals surface area contributed by atoms with Gasteiger partial charge in [-0.3, -0.25) is 14.4 Å². The van der Waals surface area contributed by atoms with Crippen molar-refractivity contribution in [3.8, 4) is 0 Å². The topological polar surface area (TPSA) is 78.9 Å². The van der Waals surface area contributed by atoms with Gasteiger partial charge < -0.3 is 14.2 Å². The molecule has 0 aliphatic heterocycles. The van der Waals surface area contributed by atoms with Crippen molar-refractivity contribution < 1.29 is 28.6 Å². The Labute approximate surface area is 409 Å². The van der Waals surface area contributed by atoms with Crippen LogP contribution in [0, 0.1) is 0 Å². The summed E-state index contributed by atoms with van der Waals surface area (Å²) in [7, 11) is 0. The molecule has 0 bridgehead atoms. The number of rotatable bonds is 51. The van der Waals surface area contributed by atoms with Gasteiger partial charge in [0.1, 0.15) is 13.2 Å². The van der Waals surface area contributed by atoms with Gasteiger partial charge in [0.05, 0.1) is 0 Å². The number of allylic oxidation sites excluding steroid dienone is 10. The Kier molecular flexibility index (Phi) is 52.3. The maximum atomic E-state index is 12.8. The molecule has 0 saturated carbocycles. The van der Waals surface area contributed by atoms with E-state index >= 15 is 0 Å². The molecule has 0 amide bonds. The standard InChI is InChI=1S/C60H106O6/c1-4-7-10-13-16-19-22-25-27-29-30-31-33-35-38-41-44-47-50-53-59(62)65-56-57(55-64-58(61)52-49-46-43-40-37-34-24-21-18-15-12-9-6-3)66-60(63)54-51-48-45-42-39-36-32-28-26-23-20-17-14-11-8-5-2/h9,12,18,21,25,27-28,32,34,37,57H,4-8,10-11,13-17,19-20,22-24,26,29-31,33,35-36,38-56H2,1-3H3/b12-9-,21-18-,27-25-,32-28-,37-34-. The first-order chi connectivity index (χ1) is 32.5. The summed E-state index contributed by atoms with van der Waals surface area (Å²) in [4.78, 5) is 38.1. The maximum Gasteiger partial charge on any atom is 0.306 e. The molecule has 0 N–H and O–H groups in total. The predicted molar refractivity (Wildman–Crippen MR) is 284 cm³/mol. The highest BCUT2D eigenvalue weighted by Gasteiger charge is 2.19. The zero-order valence-electron chi connectivity index (χ0n) is 43.7. The fourth-order valence-corrected chi connectivity index (χ4v) is 7.98. The van der Waals surface area contributed by atoms with Crippen molar-refractivity contribution in [1.29, 1.82) is 0 Å². The molecule has 0 spiro atoms. The quantitative estimate of drug-likeness (QED) is 0.0262. The van der Waals surface area contributed by atoms with Gasteiger partial charge in [0.25, 0.3) is 0 Å². The van der Waals surface area contributed by atoms with Crippen molar-refractivity contribution in [2.75, 3.05) is 13.2 Å². The van der Waals surface area contributed by atoms with Crippen LogP contribution in [0.15, 0.2) is 60.8 Å². The molecule has 0 aliphatic rings. The summed E-state index contributed by atoms with van der Waals surface area (Å²) < 4.78 is 16.8. The maximum absolute atomic E-state index is 12.8. The second-order valence-electron chi connectivity index (χ2n) is 18.8. The van der Waals surface area contributed by atoms with Crippen molar-refractivity contribution in [2.45, 2.75) is 290 Å². The molecule has 0 aromatic carbocycles. The van der Waals surface area contributed by atoms with Gasteiger partial charge in [0.2, 0.25) is 0 Å². The fourth-order valence-electron chi connectivity index (χ4n) is 7.98. The van der Waals surface area contributed by atoms with Crippen LogP contribution in [0.2, 0.25) is 0 Å². The molecule has 382 valence electrons. The van der Waals surface area contributed by atoms with Gasteiger partial charge in [-0.2, -0.15) is 0 Å². The van der Waals surface area contributed by atoms with Crippen LogP contribution in [0.1, 0.15) is 284 Å². The minimum Gasteiger partial charge on any atom is -0.462 e. The smallest absolute Gasteiger partial charge is 0.306 e. The van der Waals surface area contributed by atoms with Crippen LogP contribution in [0.3, 0.4) is 0 Å². The molecule has 0 fully saturated rings. The molecule has 1 unspecified atom stereocenters. The monoisotopic (exact) mass is 923 g/mol. The van der Waals surface area contributed by atoms with E-state index in [1.54, 1.807) is 0 Å². The van der Waals surface area contributed by atoms with E-state index in [0.29, 0.717) is 19.3 Å². The molecule has 6 heteroatoms. The first kappa shape index (κ1) is 63.1. The molecular weight excluding hydrogens is 817 g/mol. The Hall–Kier alpha value is -2.89. The summed E-state index contributed by atoms with van der Waals surface area (Å²) in [6.45, 7) is 6.51. The van der Waals surface area contributed by atoms with Crippen LogP contribution >= 0.6 is 0 Å². The molecule has 0 rings (SSSR count). The Morgan fingerprint density at radius 2 is 0.591 bits per heavy atom. The van der Waals surface area contributed by atoms with Gasteiger partial charge in [0, 0.05) is 19.3 Å². The number of hydrogen-bond donors (Lipinski definition) is 0. The van der Waals surface area contributed by atoms with Crippen LogP contribution in [0.5, 0.6) is 0 Å². The third kappa shape index (κ3) is 52.1. The van der Waals surface area contributed by atoms with Gasteiger partial charge in [-0.25, -0.2) is 0 Å². The Morgan fingerprint density at radius 3 is 0.955 bits per heavy atom. The Bertz CT molecular complexity index is 1200. The van der Waals surface area contributed by atoms with E-state index in [2.05, 4.69) is 81.5 Å². The van der Waals surface area contributed by atoms with E-state index in [9.17, 15) is 14.4 Å². The lowest BCUT2D eigenvalue weighted by Gasteiger charge is -2.18. The minimum atomic E-state index is -0.791. The molecule has 0 radical (unpaired) electrons. The van der Waals surface area contributed by atoms with Crippen molar-refractivity contribution in [1.82, 2.24) is 0 Å². The van der Waals surface area contributed by atoms with Gasteiger partial charge in [0.15, 0.2) is 6.10 Å². The van der Waals surface area contributed by atoms with E-state index in [1.807, 2.05) is 0 Å². The first-order valence-electron chi connectivity index (χ1n) is 28.3. The largest absolute Gasteiger partial charge is 0.462 e. The highest BCUT2D eigenvalue weighted by Crippen LogP contribution is 2.15. The van der Waals surface area contributed by atoms with Crippen molar-refractivity contribution >= 4 is 17.9 Å². The van der Waals surface area contributed by atoms with Crippen molar-refractivity contribution in [3.05, 3.63) is 60.8 Å². The molecule has 0 aromatic heterocycles. The van der Waals surface area contributed by atoms with Crippen LogP contribution in [0.25, 0.3) is 0 Å². The highest BCUT2D eigenvalue weighted by atomic mass is 16.6. The lowest BCUT2D eigenvalue weighted by Crippen LogP contribution is -2.30. The lowest BCUT2D eigenvalue weighted by atomic mass is 10.1. The summed E-state index contributed by atoms with van der Waals surface area (Å²) in [5, 5.41) is 0. The third-order valence-corrected chi connectivity index (χ3v) is 12.2. The minimum absolute atomic E-state index is 0.0871. The van der Waals surface area contributed by atoms with E-state index < -0.39 is 6.10 Å². The average Bonchev–Trinajstić information content (AvgIpc) is 3.31. The van der Waals surface area contributed by atoms with Gasteiger partial charge in [-0.15, -0.1) is 0 Å². The number of esters is 3. The van der Waals surface area contributed by atoms with E-state index in [4.69, 9.17) is 14.2 Å². The first-order valence-corrected chi connectivity index (χ1v) is 28.3. The average molecular weight is 924 g/mol. The zero-order valence-corrected chi connectivity index (χ0v) is 43.7. The number of hydrogen-bond acceptors (Lipinski definition) is 6. The summed E-state index contributed by atoms with van der Waals surface area (Å²) in [5.74, 6) is -0.919. The molecule has 0 heterocycles. The van der Waals surface area contributed by atoms with E-state index in [0.717, 1.165) is 96.3 Å². The summed E-state index contributed by atoms with van der Waals surface area (Å²) >= 11 is 0.